The van der Waals surface area contributed by atoms with Gasteiger partial charge in [0.1, 0.15) is 0 Å². The number of halogens is 1. The number of thiazole rings is 1. The molecule has 0 aliphatic heterocycles. The maximum atomic E-state index is 11.3. The van der Waals surface area contributed by atoms with Crippen molar-refractivity contribution in [3.63, 3.8) is 0 Å². The van der Waals surface area contributed by atoms with Crippen LogP contribution < -0.4 is 0 Å². The summed E-state index contributed by atoms with van der Waals surface area (Å²) in [6, 6.07) is 9.47. The highest BCUT2D eigenvalue weighted by Crippen LogP contribution is 2.38. The molecule has 0 radical (unpaired) electrons. The summed E-state index contributed by atoms with van der Waals surface area (Å²) < 4.78 is 1.03. The second kappa shape index (κ2) is 5.71. The Bertz CT molecular complexity index is 868. The zero-order chi connectivity index (χ0) is 15.9. The van der Waals surface area contributed by atoms with E-state index in [-0.39, 0.29) is 6.42 Å². The summed E-state index contributed by atoms with van der Waals surface area (Å²) in [5.74, 6) is -0.834. The minimum absolute atomic E-state index is 0.00329. The highest BCUT2D eigenvalue weighted by molar-refractivity contribution is 7.19. The molecular formula is C17H14ClNO2S. The van der Waals surface area contributed by atoms with Crippen molar-refractivity contribution in [2.24, 2.45) is 0 Å². The van der Waals surface area contributed by atoms with Crippen molar-refractivity contribution >= 4 is 39.1 Å². The summed E-state index contributed by atoms with van der Waals surface area (Å²) >= 11 is 7.56. The molecule has 3 rings (SSSR count). The van der Waals surface area contributed by atoms with Crippen molar-refractivity contribution in [3.05, 3.63) is 51.5 Å². The first-order valence-corrected chi connectivity index (χ1v) is 8.02. The third kappa shape index (κ3) is 2.72. The van der Waals surface area contributed by atoms with Crippen LogP contribution in [0.15, 0.2) is 30.3 Å². The van der Waals surface area contributed by atoms with E-state index in [0.717, 1.165) is 37.5 Å². The number of rotatable bonds is 3. The van der Waals surface area contributed by atoms with Crippen LogP contribution in [0.4, 0.5) is 0 Å². The molecule has 0 saturated carbocycles. The minimum Gasteiger partial charge on any atom is -0.481 e. The number of fused-ring (bicyclic) bond motifs is 1. The molecule has 5 heteroatoms. The predicted octanol–water partition coefficient (Wildman–Crippen LogP) is 4.86. The second-order valence-electron chi connectivity index (χ2n) is 5.21. The Morgan fingerprint density at radius 2 is 1.95 bits per heavy atom. The molecule has 0 atom stereocenters. The third-order valence-corrected chi connectivity index (χ3v) is 4.84. The molecule has 1 N–H and O–H groups in total. The molecule has 0 amide bonds. The Kier molecular flexibility index (Phi) is 3.89. The topological polar surface area (TPSA) is 50.2 Å². The van der Waals surface area contributed by atoms with Crippen LogP contribution in [-0.4, -0.2) is 16.1 Å². The van der Waals surface area contributed by atoms with Gasteiger partial charge in [0.05, 0.1) is 21.6 Å². The van der Waals surface area contributed by atoms with E-state index in [4.69, 9.17) is 11.6 Å². The van der Waals surface area contributed by atoms with Gasteiger partial charge in [0.2, 0.25) is 0 Å². The van der Waals surface area contributed by atoms with Gasteiger partial charge < -0.3 is 5.11 Å². The van der Waals surface area contributed by atoms with E-state index in [1.807, 2.05) is 44.2 Å². The number of hydrogen-bond acceptors (Lipinski definition) is 3. The number of nitrogens with zero attached hydrogens (tertiary/aromatic N) is 1. The molecule has 3 aromatic rings. The second-order valence-corrected chi connectivity index (χ2v) is 6.85. The number of carboxylic acids is 1. The van der Waals surface area contributed by atoms with Crippen molar-refractivity contribution in [2.45, 2.75) is 20.3 Å². The molecule has 2 aromatic carbocycles. The van der Waals surface area contributed by atoms with Gasteiger partial charge in [-0.15, -0.1) is 11.3 Å². The van der Waals surface area contributed by atoms with Gasteiger partial charge in [-0.1, -0.05) is 23.7 Å². The molecule has 22 heavy (non-hydrogen) atoms. The summed E-state index contributed by atoms with van der Waals surface area (Å²) in [5, 5.41) is 10.9. The fraction of sp³-hybridized carbons (Fsp3) is 0.176. The molecule has 0 aliphatic carbocycles. The average molecular weight is 332 g/mol. The van der Waals surface area contributed by atoms with Gasteiger partial charge in [0, 0.05) is 10.6 Å². The summed E-state index contributed by atoms with van der Waals surface area (Å²) in [4.78, 5) is 15.8. The van der Waals surface area contributed by atoms with Crippen molar-refractivity contribution < 1.29 is 9.90 Å². The first-order valence-electron chi connectivity index (χ1n) is 6.83. The molecule has 0 saturated heterocycles. The molecule has 0 unspecified atom stereocenters. The number of carboxylic acid groups (broad SMARTS) is 1. The molecule has 112 valence electrons. The van der Waals surface area contributed by atoms with Crippen LogP contribution in [0, 0.1) is 13.8 Å². The molecular weight excluding hydrogens is 318 g/mol. The van der Waals surface area contributed by atoms with E-state index >= 15 is 0 Å². The van der Waals surface area contributed by atoms with E-state index in [1.165, 1.54) is 0 Å². The quantitative estimate of drug-likeness (QED) is 0.745. The smallest absolute Gasteiger partial charge is 0.307 e. The number of aryl methyl sites for hydroxylation is 2. The first kappa shape index (κ1) is 15.0. The van der Waals surface area contributed by atoms with Gasteiger partial charge in [-0.05, 0) is 48.7 Å². The third-order valence-electron chi connectivity index (χ3n) is 3.58. The first-order chi connectivity index (χ1) is 10.5. The van der Waals surface area contributed by atoms with Crippen LogP contribution in [0.25, 0.3) is 21.3 Å². The summed E-state index contributed by atoms with van der Waals surface area (Å²) in [6.07, 6.45) is -0.00329. The van der Waals surface area contributed by atoms with Crippen molar-refractivity contribution in [1.29, 1.82) is 0 Å². The zero-order valence-corrected chi connectivity index (χ0v) is 13.8. The summed E-state index contributed by atoms with van der Waals surface area (Å²) in [5.41, 5.74) is 4.63. The number of carbonyl (C=O) groups is 1. The van der Waals surface area contributed by atoms with Crippen molar-refractivity contribution in [3.8, 4) is 11.1 Å². The predicted molar refractivity (Wildman–Crippen MR) is 90.9 cm³/mol. The molecule has 0 spiro atoms. The van der Waals surface area contributed by atoms with Crippen LogP contribution in [0.2, 0.25) is 5.02 Å². The number of aromatic nitrogens is 1. The Balaban J connectivity index is 2.36. The van der Waals surface area contributed by atoms with Crippen molar-refractivity contribution in [2.75, 3.05) is 0 Å². The van der Waals surface area contributed by atoms with Gasteiger partial charge in [0.15, 0.2) is 0 Å². The Morgan fingerprint density at radius 3 is 2.59 bits per heavy atom. The fourth-order valence-electron chi connectivity index (χ4n) is 2.65. The SMILES string of the molecule is Cc1nc2cc(C)c(CC(=O)O)c(-c3ccc(Cl)cc3)c2s1. The Hall–Kier alpha value is -1.91. The highest BCUT2D eigenvalue weighted by atomic mass is 35.5. The number of hydrogen-bond donors (Lipinski definition) is 1. The summed E-state index contributed by atoms with van der Waals surface area (Å²) in [7, 11) is 0. The lowest BCUT2D eigenvalue weighted by atomic mass is 9.93. The van der Waals surface area contributed by atoms with E-state index in [1.54, 1.807) is 11.3 Å². The molecule has 0 bridgehead atoms. The van der Waals surface area contributed by atoms with E-state index < -0.39 is 5.97 Å². The Morgan fingerprint density at radius 1 is 1.27 bits per heavy atom. The molecule has 1 aromatic heterocycles. The standard InChI is InChI=1S/C17H14ClNO2S/c1-9-7-14-17(22-10(2)19-14)16(13(9)8-15(20)21)11-3-5-12(18)6-4-11/h3-7H,8H2,1-2H3,(H,20,21). The highest BCUT2D eigenvalue weighted by Gasteiger charge is 2.18. The number of benzene rings is 2. The lowest BCUT2D eigenvalue weighted by Crippen LogP contribution is -2.04. The van der Waals surface area contributed by atoms with Crippen LogP contribution in [0.3, 0.4) is 0 Å². The molecule has 1 heterocycles. The molecule has 0 fully saturated rings. The van der Waals surface area contributed by atoms with Gasteiger partial charge in [-0.3, -0.25) is 4.79 Å². The van der Waals surface area contributed by atoms with Gasteiger partial charge >= 0.3 is 5.97 Å². The normalized spacial score (nSPS) is 11.0. The average Bonchev–Trinajstić information content (AvgIpc) is 2.80. The van der Waals surface area contributed by atoms with Crippen LogP contribution in [-0.2, 0) is 11.2 Å². The lowest BCUT2D eigenvalue weighted by Gasteiger charge is -2.13. The van der Waals surface area contributed by atoms with Gasteiger partial charge in [0.25, 0.3) is 0 Å². The van der Waals surface area contributed by atoms with Gasteiger partial charge in [-0.2, -0.15) is 0 Å². The number of aliphatic carboxylic acids is 1. The van der Waals surface area contributed by atoms with Gasteiger partial charge in [-0.25, -0.2) is 4.98 Å². The maximum Gasteiger partial charge on any atom is 0.307 e. The minimum atomic E-state index is -0.834. The van der Waals surface area contributed by atoms with E-state index in [0.29, 0.717) is 5.02 Å². The van der Waals surface area contributed by atoms with E-state index in [2.05, 4.69) is 4.98 Å². The largest absolute Gasteiger partial charge is 0.481 e. The van der Waals surface area contributed by atoms with Crippen LogP contribution in [0.1, 0.15) is 16.1 Å². The van der Waals surface area contributed by atoms with Crippen LogP contribution in [0.5, 0.6) is 0 Å². The fourth-order valence-corrected chi connectivity index (χ4v) is 3.77. The van der Waals surface area contributed by atoms with Crippen molar-refractivity contribution in [1.82, 2.24) is 4.98 Å². The molecule has 0 aliphatic rings. The lowest BCUT2D eigenvalue weighted by molar-refractivity contribution is -0.136. The van der Waals surface area contributed by atoms with Crippen LogP contribution >= 0.6 is 22.9 Å². The monoisotopic (exact) mass is 331 g/mol. The Labute approximate surface area is 137 Å². The summed E-state index contributed by atoms with van der Waals surface area (Å²) in [6.45, 7) is 3.90. The maximum absolute atomic E-state index is 11.3. The zero-order valence-electron chi connectivity index (χ0n) is 12.2. The van der Waals surface area contributed by atoms with E-state index in [9.17, 15) is 9.90 Å². The molecule has 3 nitrogen and oxygen atoms in total.